The van der Waals surface area contributed by atoms with Crippen molar-refractivity contribution in [3.63, 3.8) is 0 Å². The van der Waals surface area contributed by atoms with Gasteiger partial charge in [0.05, 0.1) is 27.3 Å². The zero-order valence-corrected chi connectivity index (χ0v) is 11.3. The fraction of sp³-hybridized carbons (Fsp3) is 0.692. The summed E-state index contributed by atoms with van der Waals surface area (Å²) < 4.78 is 9.19. The largest absolute Gasteiger partial charge is 0.468 e. The van der Waals surface area contributed by atoms with Crippen molar-refractivity contribution in [3.8, 4) is 0 Å². The number of ether oxygens (including phenoxy) is 2. The van der Waals surface area contributed by atoms with Crippen LogP contribution in [0.15, 0.2) is 12.7 Å². The summed E-state index contributed by atoms with van der Waals surface area (Å²) in [5.74, 6) is -0.685. The van der Waals surface area contributed by atoms with Gasteiger partial charge in [-0.05, 0) is 25.8 Å². The fourth-order valence-electron chi connectivity index (χ4n) is 1.51. The number of rotatable bonds is 10. The first-order valence-electron chi connectivity index (χ1n) is 6.11. The molecule has 0 spiro atoms. The number of carbonyl (C=O) groups is 2. The lowest BCUT2D eigenvalue weighted by Crippen LogP contribution is -2.36. The second kappa shape index (κ2) is 10.8. The maximum Gasteiger partial charge on any atom is 0.319 e. The molecule has 0 N–H and O–H groups in total. The molecule has 0 saturated heterocycles. The average molecular weight is 257 g/mol. The molecular formula is C13H23NO4. The van der Waals surface area contributed by atoms with E-state index in [1.807, 2.05) is 6.08 Å². The third kappa shape index (κ3) is 8.75. The van der Waals surface area contributed by atoms with Gasteiger partial charge in [0.2, 0.25) is 0 Å². The highest BCUT2D eigenvalue weighted by Gasteiger charge is 2.14. The molecule has 0 aliphatic heterocycles. The van der Waals surface area contributed by atoms with Crippen LogP contribution in [0.2, 0.25) is 0 Å². The Morgan fingerprint density at radius 2 is 1.61 bits per heavy atom. The van der Waals surface area contributed by atoms with Crippen LogP contribution in [0.5, 0.6) is 0 Å². The maximum atomic E-state index is 11.2. The number of hydrogen-bond donors (Lipinski definition) is 0. The van der Waals surface area contributed by atoms with Gasteiger partial charge in [0.25, 0.3) is 0 Å². The van der Waals surface area contributed by atoms with Gasteiger partial charge in [-0.2, -0.15) is 0 Å². The van der Waals surface area contributed by atoms with Gasteiger partial charge in [-0.15, -0.1) is 6.58 Å². The predicted octanol–water partition coefficient (Wildman–Crippen LogP) is 1.38. The number of unbranched alkanes of at least 4 members (excludes halogenated alkanes) is 3. The molecule has 0 radical (unpaired) electrons. The van der Waals surface area contributed by atoms with Crippen molar-refractivity contribution in [1.29, 1.82) is 0 Å². The minimum absolute atomic E-state index is 0.118. The highest BCUT2D eigenvalue weighted by Crippen LogP contribution is 2.03. The van der Waals surface area contributed by atoms with E-state index in [2.05, 4.69) is 16.1 Å². The Morgan fingerprint density at radius 3 is 2.06 bits per heavy atom. The van der Waals surface area contributed by atoms with Crippen LogP contribution in [0.4, 0.5) is 0 Å². The predicted molar refractivity (Wildman–Crippen MR) is 69.1 cm³/mol. The molecule has 0 heterocycles. The van der Waals surface area contributed by atoms with E-state index in [0.29, 0.717) is 6.54 Å². The smallest absolute Gasteiger partial charge is 0.319 e. The molecule has 0 aromatic rings. The van der Waals surface area contributed by atoms with E-state index < -0.39 is 0 Å². The first kappa shape index (κ1) is 16.6. The van der Waals surface area contributed by atoms with Crippen LogP contribution in [0, 0.1) is 0 Å². The molecule has 0 amide bonds. The Kier molecular flexibility index (Phi) is 9.96. The number of carbonyl (C=O) groups excluding carboxylic acids is 2. The minimum Gasteiger partial charge on any atom is -0.468 e. The van der Waals surface area contributed by atoms with E-state index in [9.17, 15) is 9.59 Å². The molecule has 0 aromatic carbocycles. The lowest BCUT2D eigenvalue weighted by atomic mass is 10.2. The van der Waals surface area contributed by atoms with Crippen molar-refractivity contribution in [2.24, 2.45) is 0 Å². The van der Waals surface area contributed by atoms with Gasteiger partial charge >= 0.3 is 11.9 Å². The normalized spacial score (nSPS) is 10.2. The monoisotopic (exact) mass is 257 g/mol. The Hall–Kier alpha value is -1.36. The van der Waals surface area contributed by atoms with Crippen LogP contribution in [-0.2, 0) is 19.1 Å². The van der Waals surface area contributed by atoms with E-state index in [1.165, 1.54) is 14.2 Å². The van der Waals surface area contributed by atoms with Crippen molar-refractivity contribution in [3.05, 3.63) is 12.7 Å². The highest BCUT2D eigenvalue weighted by molar-refractivity contribution is 5.74. The summed E-state index contributed by atoms with van der Waals surface area (Å²) in [6, 6.07) is 0. The third-order valence-electron chi connectivity index (χ3n) is 2.54. The molecule has 0 rings (SSSR count). The van der Waals surface area contributed by atoms with E-state index in [-0.39, 0.29) is 25.0 Å². The third-order valence-corrected chi connectivity index (χ3v) is 2.54. The standard InChI is InChI=1S/C13H23NO4/c1-4-5-6-7-8-9-14(10-12(15)17-2)11-13(16)18-3/h4H,1,5-11H2,2-3H3. The van der Waals surface area contributed by atoms with Gasteiger partial charge in [0.1, 0.15) is 0 Å². The molecule has 0 fully saturated rings. The molecule has 5 heteroatoms. The molecule has 0 unspecified atom stereocenters. The number of nitrogens with zero attached hydrogens (tertiary/aromatic N) is 1. The van der Waals surface area contributed by atoms with Crippen molar-refractivity contribution in [2.75, 3.05) is 33.9 Å². The summed E-state index contributed by atoms with van der Waals surface area (Å²) in [5, 5.41) is 0. The average Bonchev–Trinajstić information content (AvgIpc) is 2.37. The number of allylic oxidation sites excluding steroid dienone is 1. The van der Waals surface area contributed by atoms with Crippen molar-refractivity contribution < 1.29 is 19.1 Å². The summed E-state index contributed by atoms with van der Waals surface area (Å²) in [6.07, 6.45) is 5.94. The molecule has 0 aliphatic carbocycles. The first-order valence-corrected chi connectivity index (χ1v) is 6.11. The van der Waals surface area contributed by atoms with Crippen LogP contribution in [0.1, 0.15) is 25.7 Å². The van der Waals surface area contributed by atoms with Gasteiger partial charge in [-0.1, -0.05) is 12.5 Å². The molecule has 0 bridgehead atoms. The second-order valence-electron chi connectivity index (χ2n) is 4.00. The lowest BCUT2D eigenvalue weighted by Gasteiger charge is -2.19. The Morgan fingerprint density at radius 1 is 1.06 bits per heavy atom. The Balaban J connectivity index is 3.99. The van der Waals surface area contributed by atoms with Crippen LogP contribution < -0.4 is 0 Å². The van der Waals surface area contributed by atoms with Crippen molar-refractivity contribution >= 4 is 11.9 Å². The summed E-state index contributed by atoms with van der Waals surface area (Å²) >= 11 is 0. The van der Waals surface area contributed by atoms with E-state index in [4.69, 9.17) is 0 Å². The lowest BCUT2D eigenvalue weighted by molar-refractivity contribution is -0.145. The molecule has 0 saturated carbocycles. The van der Waals surface area contributed by atoms with Crippen molar-refractivity contribution in [1.82, 2.24) is 4.90 Å². The summed E-state index contributed by atoms with van der Waals surface area (Å²) in [5.41, 5.74) is 0. The van der Waals surface area contributed by atoms with Crippen LogP contribution in [-0.4, -0.2) is 50.7 Å². The first-order chi connectivity index (χ1) is 8.63. The fourth-order valence-corrected chi connectivity index (χ4v) is 1.51. The number of hydrogen-bond acceptors (Lipinski definition) is 5. The van der Waals surface area contributed by atoms with E-state index in [0.717, 1.165) is 25.7 Å². The quantitative estimate of drug-likeness (QED) is 0.336. The molecule has 0 aliphatic rings. The summed E-state index contributed by atoms with van der Waals surface area (Å²) in [7, 11) is 2.67. The molecule has 18 heavy (non-hydrogen) atoms. The molecular weight excluding hydrogens is 234 g/mol. The Labute approximate surface area is 109 Å². The molecule has 5 nitrogen and oxygen atoms in total. The van der Waals surface area contributed by atoms with Crippen molar-refractivity contribution in [2.45, 2.75) is 25.7 Å². The topological polar surface area (TPSA) is 55.8 Å². The van der Waals surface area contributed by atoms with Crippen LogP contribution in [0.25, 0.3) is 0 Å². The minimum atomic E-state index is -0.343. The van der Waals surface area contributed by atoms with Gasteiger partial charge in [0.15, 0.2) is 0 Å². The van der Waals surface area contributed by atoms with Gasteiger partial charge in [-0.25, -0.2) is 0 Å². The van der Waals surface area contributed by atoms with Gasteiger partial charge in [-0.3, -0.25) is 14.5 Å². The summed E-state index contributed by atoms with van der Waals surface area (Å²) in [4.78, 5) is 24.1. The summed E-state index contributed by atoms with van der Waals surface area (Å²) in [6.45, 7) is 4.58. The van der Waals surface area contributed by atoms with E-state index >= 15 is 0 Å². The highest BCUT2D eigenvalue weighted by atomic mass is 16.5. The molecule has 0 atom stereocenters. The number of methoxy groups -OCH3 is 2. The number of esters is 2. The second-order valence-corrected chi connectivity index (χ2v) is 4.00. The maximum absolute atomic E-state index is 11.2. The molecule has 104 valence electrons. The Bertz CT molecular complexity index is 248. The van der Waals surface area contributed by atoms with Gasteiger partial charge < -0.3 is 9.47 Å². The zero-order valence-electron chi connectivity index (χ0n) is 11.3. The molecule has 0 aromatic heterocycles. The van der Waals surface area contributed by atoms with Crippen LogP contribution >= 0.6 is 0 Å². The SMILES string of the molecule is C=CCCCCCN(CC(=O)OC)CC(=O)OC. The van der Waals surface area contributed by atoms with Gasteiger partial charge in [0, 0.05) is 0 Å². The van der Waals surface area contributed by atoms with E-state index in [1.54, 1.807) is 4.90 Å². The van der Waals surface area contributed by atoms with Crippen LogP contribution in [0.3, 0.4) is 0 Å². The zero-order chi connectivity index (χ0) is 13.8.